The largest absolute Gasteiger partial charge is 2.00 e. The Morgan fingerprint density at radius 3 is 0.132 bits per heavy atom. The summed E-state index contributed by atoms with van der Waals surface area (Å²) in [7, 11) is 0. The average molecular weight is 1390 g/mol. The zero-order chi connectivity index (χ0) is 78.7. The number of hydrogen-bond donors (Lipinski definition) is 16. The van der Waals surface area contributed by atoms with Gasteiger partial charge < -0.3 is 141 Å². The molecule has 0 aliphatic carbocycles. The molecule has 0 heterocycles. The fraction of sp³-hybridized carbons (Fsp3) is 0.500. The molecule has 44 nitrogen and oxygen atoms in total. The maximum Gasteiger partial charge on any atom is 2.00 e. The standard InChI is InChI=1S/22C2H4O2.3Mg/c22*1-2(3)4;;;/h22*1H3,(H,3,4);;;/q;;;;;;;;;;;;;;;;;;;;;;3*+2/p-6. The first-order chi connectivity index (χ1) is 38.1. The minimum Gasteiger partial charge on any atom is -0.550 e. The van der Waals surface area contributed by atoms with Crippen molar-refractivity contribution >= 4 is 200 Å². The van der Waals surface area contributed by atoms with E-state index in [0.717, 1.165) is 152 Å². The summed E-state index contributed by atoms with van der Waals surface area (Å²) in [6.45, 7) is 23.2. The van der Waals surface area contributed by atoms with Gasteiger partial charge in [-0.15, -0.1) is 0 Å². The van der Waals surface area contributed by atoms with Gasteiger partial charge in [0.25, 0.3) is 95.5 Å². The van der Waals surface area contributed by atoms with Crippen molar-refractivity contribution in [2.24, 2.45) is 0 Å². The van der Waals surface area contributed by atoms with Gasteiger partial charge in [-0.25, -0.2) is 0 Å². The van der Waals surface area contributed by atoms with Crippen LogP contribution in [0.3, 0.4) is 0 Å². The first-order valence-corrected chi connectivity index (χ1v) is 20.3. The van der Waals surface area contributed by atoms with Crippen molar-refractivity contribution < 1.29 is 218 Å². The normalized spacial score (nSPS) is 6.04. The second-order valence-electron chi connectivity index (χ2n) is 11.3. The molecule has 0 rings (SSSR count). The summed E-state index contributed by atoms with van der Waals surface area (Å²) in [5.41, 5.74) is 0. The monoisotopic (exact) mass is 1390 g/mol. The molecule has 528 valence electrons. The van der Waals surface area contributed by atoms with Crippen LogP contribution in [-0.2, 0) is 105 Å². The van der Waals surface area contributed by atoms with Crippen molar-refractivity contribution in [3.8, 4) is 0 Å². The molecule has 0 unspecified atom stereocenters. The van der Waals surface area contributed by atoms with Crippen LogP contribution in [0.15, 0.2) is 0 Å². The second kappa shape index (κ2) is 159. The van der Waals surface area contributed by atoms with Crippen LogP contribution >= 0.6 is 0 Å². The summed E-state index contributed by atoms with van der Waals surface area (Å²) in [6.07, 6.45) is 0. The van der Waals surface area contributed by atoms with Gasteiger partial charge in [-0.05, 0) is 41.5 Å². The van der Waals surface area contributed by atoms with Crippen molar-refractivity contribution in [3.05, 3.63) is 0 Å². The molecule has 0 atom stereocenters. The van der Waals surface area contributed by atoms with Gasteiger partial charge >= 0.3 is 69.2 Å². The molecule has 47 heteroatoms. The van der Waals surface area contributed by atoms with Crippen LogP contribution < -0.4 is 30.6 Å². The molecule has 0 aromatic rings. The Morgan fingerprint density at radius 2 is 0.132 bits per heavy atom. The first-order valence-electron chi connectivity index (χ1n) is 20.3. The third kappa shape index (κ3) is 5690. The molecule has 0 fully saturated rings. The third-order valence-corrected chi connectivity index (χ3v) is 0. The van der Waals surface area contributed by atoms with Crippen molar-refractivity contribution in [3.63, 3.8) is 0 Å². The Morgan fingerprint density at radius 1 is 0.132 bits per heavy atom. The molecule has 0 aliphatic rings. The van der Waals surface area contributed by atoms with Crippen LogP contribution in [0.2, 0.25) is 0 Å². The number of hydrogen-bond acceptors (Lipinski definition) is 28. The molecular formula is C44H82Mg3O44. The van der Waals surface area contributed by atoms with Gasteiger partial charge in [0, 0.05) is 147 Å². The van der Waals surface area contributed by atoms with E-state index in [1.165, 1.54) is 0 Å². The predicted molar refractivity (Wildman–Crippen MR) is 294 cm³/mol. The Balaban J connectivity index is -0.0000000218. The summed E-state index contributed by atoms with van der Waals surface area (Å²) >= 11 is 0. The maximum absolute atomic E-state index is 9.00. The van der Waals surface area contributed by atoms with Crippen LogP contribution in [0, 0.1) is 0 Å². The number of carbonyl (C=O) groups excluding carboxylic acids is 6. The fourth-order valence-electron chi connectivity index (χ4n) is 0. The topological polar surface area (TPSA) is 838 Å². The van der Waals surface area contributed by atoms with E-state index in [-0.39, 0.29) is 69.2 Å². The van der Waals surface area contributed by atoms with Gasteiger partial charge in [-0.2, -0.15) is 0 Å². The van der Waals surface area contributed by atoms with Crippen LogP contribution in [0.25, 0.3) is 0 Å². The molecule has 0 aliphatic heterocycles. The number of carboxylic acids is 22. The summed E-state index contributed by atoms with van der Waals surface area (Å²) in [4.78, 5) is 197. The van der Waals surface area contributed by atoms with Crippen LogP contribution in [0.5, 0.6) is 0 Å². The van der Waals surface area contributed by atoms with E-state index < -0.39 is 131 Å². The Kier molecular flexibility index (Phi) is 290. The van der Waals surface area contributed by atoms with Gasteiger partial charge in [0.05, 0.1) is 0 Å². The molecule has 0 amide bonds. The molecule has 0 aromatic carbocycles. The second-order valence-corrected chi connectivity index (χ2v) is 11.3. The van der Waals surface area contributed by atoms with Gasteiger partial charge in [-0.3, -0.25) is 76.7 Å². The van der Waals surface area contributed by atoms with Crippen LogP contribution in [0.4, 0.5) is 0 Å². The number of carbonyl (C=O) groups is 22. The van der Waals surface area contributed by atoms with E-state index in [2.05, 4.69) is 0 Å². The molecule has 16 N–H and O–H groups in total. The molecule has 0 aromatic heterocycles. The molecule has 0 spiro atoms. The average Bonchev–Trinajstić information content (AvgIpc) is 3.06. The van der Waals surface area contributed by atoms with E-state index in [0.29, 0.717) is 0 Å². The van der Waals surface area contributed by atoms with Crippen LogP contribution in [-0.4, -0.2) is 282 Å². The molecule has 0 bridgehead atoms. The summed E-state index contributed by atoms with van der Waals surface area (Å²) in [6, 6.07) is 0. The van der Waals surface area contributed by atoms with E-state index in [1.54, 1.807) is 0 Å². The Labute approximate surface area is 567 Å². The van der Waals surface area contributed by atoms with E-state index in [4.69, 9.17) is 218 Å². The van der Waals surface area contributed by atoms with Crippen molar-refractivity contribution in [2.45, 2.75) is 152 Å². The Hall–Kier alpha value is -9.36. The summed E-state index contributed by atoms with van der Waals surface area (Å²) in [5.74, 6) is -19.8. The molecular weight excluding hydrogens is 1310 g/mol. The van der Waals surface area contributed by atoms with Crippen LogP contribution in [0.1, 0.15) is 152 Å². The third-order valence-electron chi connectivity index (χ3n) is 0. The summed E-state index contributed by atoms with van der Waals surface area (Å²) in [5, 5.41) is 172. The minimum atomic E-state index is -1.08. The van der Waals surface area contributed by atoms with Gasteiger partial charge in [0.1, 0.15) is 0 Å². The minimum absolute atomic E-state index is 0. The number of carboxylic acid groups (broad SMARTS) is 22. The zero-order valence-electron chi connectivity index (χ0n) is 53.7. The number of aliphatic carboxylic acids is 22. The number of rotatable bonds is 0. The smallest absolute Gasteiger partial charge is 0.550 e. The summed E-state index contributed by atoms with van der Waals surface area (Å²) < 4.78 is 0. The molecule has 0 radical (unpaired) electrons. The molecule has 0 saturated carbocycles. The Bertz CT molecular complexity index is 1200. The fourth-order valence-corrected chi connectivity index (χ4v) is 0. The molecule has 0 saturated heterocycles. The van der Waals surface area contributed by atoms with Crippen molar-refractivity contribution in [1.82, 2.24) is 0 Å². The van der Waals surface area contributed by atoms with E-state index in [1.807, 2.05) is 0 Å². The van der Waals surface area contributed by atoms with Gasteiger partial charge in [0.15, 0.2) is 0 Å². The van der Waals surface area contributed by atoms with E-state index in [9.17, 15) is 0 Å². The van der Waals surface area contributed by atoms with Gasteiger partial charge in [-0.1, -0.05) is 0 Å². The SMILES string of the molecule is CC(=O)O.CC(=O)O.CC(=O)O.CC(=O)O.CC(=O)O.CC(=O)O.CC(=O)O.CC(=O)O.CC(=O)O.CC(=O)O.CC(=O)O.CC(=O)O.CC(=O)O.CC(=O)O.CC(=O)O.CC(=O)O.CC(=O)[O-].CC(=O)[O-].CC(=O)[O-].CC(=O)[O-].CC(=O)[O-].CC(=O)[O-].[Mg+2].[Mg+2].[Mg+2]. The van der Waals surface area contributed by atoms with E-state index >= 15 is 0 Å². The molecule has 91 heavy (non-hydrogen) atoms. The van der Waals surface area contributed by atoms with Gasteiger partial charge in [0.2, 0.25) is 0 Å². The quantitative estimate of drug-likeness (QED) is 0.100. The maximum atomic E-state index is 9.00. The van der Waals surface area contributed by atoms with Crippen molar-refractivity contribution in [2.75, 3.05) is 0 Å². The van der Waals surface area contributed by atoms with Crippen molar-refractivity contribution in [1.29, 1.82) is 0 Å². The first kappa shape index (κ1) is 165. The zero-order valence-corrected chi connectivity index (χ0v) is 58.0. The predicted octanol–water partition coefficient (Wildman–Crippen LogP) is -7.15.